The number of piperidine rings is 1. The molecule has 0 atom stereocenters. The number of sulfonamides is 1. The molecule has 8 nitrogen and oxygen atoms in total. The summed E-state index contributed by atoms with van der Waals surface area (Å²) in [4.78, 5) is 0.308. The van der Waals surface area contributed by atoms with Crippen LogP contribution in [0.1, 0.15) is 30.4 Å². The van der Waals surface area contributed by atoms with Crippen molar-refractivity contribution in [3.05, 3.63) is 35.9 Å². The Kier molecular flexibility index (Phi) is 4.68. The van der Waals surface area contributed by atoms with Gasteiger partial charge in [0.25, 0.3) is 0 Å². The van der Waals surface area contributed by atoms with Gasteiger partial charge < -0.3 is 14.6 Å². The van der Waals surface area contributed by atoms with Crippen LogP contribution in [0.25, 0.3) is 0 Å². The van der Waals surface area contributed by atoms with Crippen LogP contribution in [0.4, 0.5) is 0 Å². The molecule has 0 aliphatic carbocycles. The van der Waals surface area contributed by atoms with Crippen LogP contribution in [-0.4, -0.2) is 54.2 Å². The predicted molar refractivity (Wildman–Crippen MR) is 95.5 cm³/mol. The van der Waals surface area contributed by atoms with Gasteiger partial charge in [-0.3, -0.25) is 0 Å². The third-order valence-corrected chi connectivity index (χ3v) is 7.08. The first-order valence-electron chi connectivity index (χ1n) is 8.86. The summed E-state index contributed by atoms with van der Waals surface area (Å²) in [5.41, 5.74) is 0. The Hall–Kier alpha value is -1.97. The first-order chi connectivity index (χ1) is 12.6. The predicted octanol–water partition coefficient (Wildman–Crippen LogP) is 0.958. The van der Waals surface area contributed by atoms with E-state index in [1.54, 1.807) is 35.7 Å². The lowest BCUT2D eigenvalue weighted by molar-refractivity contribution is 0.307. The van der Waals surface area contributed by atoms with Gasteiger partial charge in [0.2, 0.25) is 10.0 Å². The average molecular weight is 377 g/mol. The molecule has 2 aliphatic heterocycles. The standard InChI is InChI=1S/C17H23N5O3S/c1-25-14-2-4-15(5-3-14)26(23,24)21-9-6-13(7-10-21)17-20-19-16-12-18-8-11-22(16)17/h2-5,13,18H,6-12H2,1H3. The molecule has 1 aromatic heterocycles. The lowest BCUT2D eigenvalue weighted by Crippen LogP contribution is -2.38. The topological polar surface area (TPSA) is 89.4 Å². The van der Waals surface area contributed by atoms with Gasteiger partial charge in [0, 0.05) is 32.1 Å². The number of methoxy groups -OCH3 is 1. The van der Waals surface area contributed by atoms with E-state index in [1.165, 1.54) is 0 Å². The average Bonchev–Trinajstić information content (AvgIpc) is 3.12. The maximum absolute atomic E-state index is 12.9. The number of benzene rings is 1. The van der Waals surface area contributed by atoms with E-state index >= 15 is 0 Å². The Labute approximate surface area is 153 Å². The zero-order valence-corrected chi connectivity index (χ0v) is 15.6. The van der Waals surface area contributed by atoms with Crippen LogP contribution in [-0.2, 0) is 23.1 Å². The van der Waals surface area contributed by atoms with Crippen LogP contribution in [0.5, 0.6) is 5.75 Å². The Balaban J connectivity index is 1.46. The van der Waals surface area contributed by atoms with Crippen LogP contribution in [0.3, 0.4) is 0 Å². The van der Waals surface area contributed by atoms with Crippen molar-refractivity contribution in [1.82, 2.24) is 24.4 Å². The molecule has 1 saturated heterocycles. The molecule has 1 fully saturated rings. The fourth-order valence-electron chi connectivity index (χ4n) is 3.67. The van der Waals surface area contributed by atoms with Crippen LogP contribution in [0.2, 0.25) is 0 Å². The van der Waals surface area contributed by atoms with E-state index in [2.05, 4.69) is 20.1 Å². The summed E-state index contributed by atoms with van der Waals surface area (Å²) < 4.78 is 34.6. The third kappa shape index (κ3) is 3.10. The molecule has 26 heavy (non-hydrogen) atoms. The molecule has 2 aromatic rings. The monoisotopic (exact) mass is 377 g/mol. The van der Waals surface area contributed by atoms with Crippen molar-refractivity contribution in [2.45, 2.75) is 36.7 Å². The molecule has 0 radical (unpaired) electrons. The summed E-state index contributed by atoms with van der Waals surface area (Å²) in [6.45, 7) is 3.54. The zero-order chi connectivity index (χ0) is 18.1. The summed E-state index contributed by atoms with van der Waals surface area (Å²) >= 11 is 0. The van der Waals surface area contributed by atoms with Crippen molar-refractivity contribution < 1.29 is 13.2 Å². The fraction of sp³-hybridized carbons (Fsp3) is 0.529. The maximum atomic E-state index is 12.9. The second-order valence-electron chi connectivity index (χ2n) is 6.66. The molecule has 4 rings (SSSR count). The van der Waals surface area contributed by atoms with E-state index < -0.39 is 10.0 Å². The van der Waals surface area contributed by atoms with Gasteiger partial charge in [0.1, 0.15) is 17.4 Å². The molecular formula is C17H23N5O3S. The minimum atomic E-state index is -3.47. The molecule has 140 valence electrons. The van der Waals surface area contributed by atoms with Gasteiger partial charge in [0.15, 0.2) is 0 Å². The van der Waals surface area contributed by atoms with Crippen LogP contribution >= 0.6 is 0 Å². The molecule has 2 aliphatic rings. The molecular weight excluding hydrogens is 354 g/mol. The highest BCUT2D eigenvalue weighted by molar-refractivity contribution is 7.89. The number of nitrogens with zero attached hydrogens (tertiary/aromatic N) is 4. The van der Waals surface area contributed by atoms with Gasteiger partial charge in [-0.05, 0) is 37.1 Å². The quantitative estimate of drug-likeness (QED) is 0.854. The number of fused-ring (bicyclic) bond motifs is 1. The third-order valence-electron chi connectivity index (χ3n) is 5.17. The lowest BCUT2D eigenvalue weighted by Gasteiger charge is -2.31. The number of ether oxygens (including phenoxy) is 1. The molecule has 1 aromatic carbocycles. The minimum Gasteiger partial charge on any atom is -0.497 e. The summed E-state index contributed by atoms with van der Waals surface area (Å²) in [5, 5.41) is 11.9. The van der Waals surface area contributed by atoms with Crippen LogP contribution < -0.4 is 10.1 Å². The Morgan fingerprint density at radius 2 is 1.85 bits per heavy atom. The summed E-state index contributed by atoms with van der Waals surface area (Å²) in [6.07, 6.45) is 1.53. The first-order valence-corrected chi connectivity index (χ1v) is 10.3. The van der Waals surface area contributed by atoms with Crippen LogP contribution in [0.15, 0.2) is 29.2 Å². The molecule has 9 heteroatoms. The van der Waals surface area contributed by atoms with Gasteiger partial charge >= 0.3 is 0 Å². The number of rotatable bonds is 4. The largest absolute Gasteiger partial charge is 0.497 e. The molecule has 0 bridgehead atoms. The Morgan fingerprint density at radius 1 is 1.12 bits per heavy atom. The zero-order valence-electron chi connectivity index (χ0n) is 14.8. The highest BCUT2D eigenvalue weighted by Gasteiger charge is 2.32. The van der Waals surface area contributed by atoms with Gasteiger partial charge in [-0.2, -0.15) is 4.31 Å². The van der Waals surface area contributed by atoms with Gasteiger partial charge in [-0.1, -0.05) is 0 Å². The maximum Gasteiger partial charge on any atom is 0.243 e. The summed E-state index contributed by atoms with van der Waals surface area (Å²) in [6, 6.07) is 6.55. The normalized spacial score (nSPS) is 19.3. The molecule has 0 amide bonds. The van der Waals surface area contributed by atoms with E-state index in [0.29, 0.717) is 23.7 Å². The highest BCUT2D eigenvalue weighted by atomic mass is 32.2. The van der Waals surface area contributed by atoms with Crippen molar-refractivity contribution in [1.29, 1.82) is 0 Å². The van der Waals surface area contributed by atoms with Gasteiger partial charge in [0.05, 0.1) is 18.6 Å². The number of nitrogens with one attached hydrogen (secondary N) is 1. The molecule has 0 saturated carbocycles. The van der Waals surface area contributed by atoms with Crippen LogP contribution in [0, 0.1) is 0 Å². The first kappa shape index (κ1) is 17.4. The Morgan fingerprint density at radius 3 is 2.54 bits per heavy atom. The van der Waals surface area contributed by atoms with E-state index in [1.807, 2.05) is 0 Å². The minimum absolute atomic E-state index is 0.261. The Bertz CT molecular complexity index is 870. The van der Waals surface area contributed by atoms with E-state index in [0.717, 1.165) is 44.1 Å². The lowest BCUT2D eigenvalue weighted by atomic mass is 9.97. The molecule has 0 spiro atoms. The second-order valence-corrected chi connectivity index (χ2v) is 8.59. The smallest absolute Gasteiger partial charge is 0.243 e. The second kappa shape index (κ2) is 6.98. The SMILES string of the molecule is COc1ccc(S(=O)(=O)N2CCC(c3nnc4n3CCNC4)CC2)cc1. The van der Waals surface area contributed by atoms with Crippen molar-refractivity contribution in [2.24, 2.45) is 0 Å². The highest BCUT2D eigenvalue weighted by Crippen LogP contribution is 2.31. The van der Waals surface area contributed by atoms with Crippen molar-refractivity contribution in [2.75, 3.05) is 26.7 Å². The van der Waals surface area contributed by atoms with Crippen molar-refractivity contribution in [3.63, 3.8) is 0 Å². The van der Waals surface area contributed by atoms with E-state index in [-0.39, 0.29) is 5.92 Å². The van der Waals surface area contributed by atoms with E-state index in [4.69, 9.17) is 4.74 Å². The molecule has 0 unspecified atom stereocenters. The number of hydrogen-bond donors (Lipinski definition) is 1. The van der Waals surface area contributed by atoms with E-state index in [9.17, 15) is 8.42 Å². The van der Waals surface area contributed by atoms with Crippen molar-refractivity contribution >= 4 is 10.0 Å². The number of aromatic nitrogens is 3. The molecule has 1 N–H and O–H groups in total. The van der Waals surface area contributed by atoms with Gasteiger partial charge in [-0.15, -0.1) is 10.2 Å². The fourth-order valence-corrected chi connectivity index (χ4v) is 5.14. The molecule has 3 heterocycles. The summed E-state index contributed by atoms with van der Waals surface area (Å²) in [5.74, 6) is 2.88. The summed E-state index contributed by atoms with van der Waals surface area (Å²) in [7, 11) is -1.91. The number of hydrogen-bond acceptors (Lipinski definition) is 6. The van der Waals surface area contributed by atoms with Crippen molar-refractivity contribution in [3.8, 4) is 5.75 Å². The van der Waals surface area contributed by atoms with Gasteiger partial charge in [-0.25, -0.2) is 8.42 Å².